The van der Waals surface area contributed by atoms with Crippen LogP contribution in [0.25, 0.3) is 0 Å². The lowest BCUT2D eigenvalue weighted by molar-refractivity contribution is 0.0682. The molecule has 0 bridgehead atoms. The zero-order valence-corrected chi connectivity index (χ0v) is 14.2. The maximum Gasteiger partial charge on any atom is 0.254 e. The Bertz CT molecular complexity index is 412. The molecule has 112 valence electrons. The Morgan fingerprint density at radius 3 is 2.20 bits per heavy atom. The lowest BCUT2D eigenvalue weighted by Gasteiger charge is -2.28. The van der Waals surface area contributed by atoms with E-state index < -0.39 is 0 Å². The molecule has 2 nitrogen and oxygen atoms in total. The highest BCUT2D eigenvalue weighted by Gasteiger charge is 2.19. The minimum absolute atomic E-state index is 0.142. The average molecular weight is 293 g/mol. The van der Waals surface area contributed by atoms with Crippen LogP contribution in [-0.4, -0.2) is 29.1 Å². The summed E-state index contributed by atoms with van der Waals surface area (Å²) in [6, 6.07) is 8.31. The summed E-state index contributed by atoms with van der Waals surface area (Å²) < 4.78 is 0. The Kier molecular flexibility index (Phi) is 7.14. The second-order valence-corrected chi connectivity index (χ2v) is 7.05. The van der Waals surface area contributed by atoms with E-state index in [4.69, 9.17) is 0 Å². The van der Waals surface area contributed by atoms with Gasteiger partial charge in [0.25, 0.3) is 5.91 Å². The quantitative estimate of drug-likeness (QED) is 0.740. The summed E-state index contributed by atoms with van der Waals surface area (Å²) in [6.45, 7) is 11.4. The summed E-state index contributed by atoms with van der Waals surface area (Å²) >= 11 is 1.90. The third-order valence-corrected chi connectivity index (χ3v) is 4.07. The Labute approximate surface area is 127 Å². The van der Waals surface area contributed by atoms with E-state index in [1.54, 1.807) is 0 Å². The Morgan fingerprint density at radius 2 is 1.75 bits per heavy atom. The highest BCUT2D eigenvalue weighted by Crippen LogP contribution is 2.15. The fourth-order valence-electron chi connectivity index (χ4n) is 2.05. The van der Waals surface area contributed by atoms with Crippen LogP contribution in [0.5, 0.6) is 0 Å². The van der Waals surface area contributed by atoms with Crippen molar-refractivity contribution in [2.75, 3.05) is 12.3 Å². The van der Waals surface area contributed by atoms with Gasteiger partial charge in [0.1, 0.15) is 0 Å². The summed E-state index contributed by atoms with van der Waals surface area (Å²) in [4.78, 5) is 14.5. The van der Waals surface area contributed by atoms with Crippen molar-refractivity contribution in [2.45, 2.75) is 46.4 Å². The summed E-state index contributed by atoms with van der Waals surface area (Å²) in [7, 11) is 0. The zero-order valence-electron chi connectivity index (χ0n) is 13.3. The van der Waals surface area contributed by atoms with Crippen LogP contribution in [0.1, 0.15) is 50.5 Å². The van der Waals surface area contributed by atoms with Crippen LogP contribution in [0.15, 0.2) is 24.3 Å². The summed E-state index contributed by atoms with van der Waals surface area (Å²) in [6.07, 6.45) is 0. The van der Waals surface area contributed by atoms with Crippen molar-refractivity contribution in [1.29, 1.82) is 0 Å². The van der Waals surface area contributed by atoms with Crippen molar-refractivity contribution in [1.82, 2.24) is 4.90 Å². The number of amides is 1. The van der Waals surface area contributed by atoms with Crippen LogP contribution in [0.3, 0.4) is 0 Å². The fraction of sp³-hybridized carbons (Fsp3) is 0.588. The summed E-state index contributed by atoms with van der Waals surface area (Å²) in [5.74, 6) is 2.77. The minimum Gasteiger partial charge on any atom is -0.336 e. The predicted octanol–water partition coefficient (Wildman–Crippen LogP) is 4.45. The Balaban J connectivity index is 2.78. The van der Waals surface area contributed by atoms with Gasteiger partial charge in [-0.05, 0) is 43.2 Å². The standard InChI is InChI=1S/C17H27NOS/c1-6-20-12-15-7-9-16(10-8-15)17(19)18(14(4)5)11-13(2)3/h7-10,13-14H,6,11-12H2,1-5H3. The topological polar surface area (TPSA) is 20.3 Å². The normalized spacial score (nSPS) is 11.2. The van der Waals surface area contributed by atoms with Crippen molar-refractivity contribution in [3.63, 3.8) is 0 Å². The molecule has 3 heteroatoms. The first-order valence-electron chi connectivity index (χ1n) is 7.43. The summed E-state index contributed by atoms with van der Waals surface area (Å²) in [5.41, 5.74) is 2.08. The van der Waals surface area contributed by atoms with Crippen LogP contribution < -0.4 is 0 Å². The Morgan fingerprint density at radius 1 is 1.15 bits per heavy atom. The smallest absolute Gasteiger partial charge is 0.254 e. The second kappa shape index (κ2) is 8.35. The number of carbonyl (C=O) groups excluding carboxylic acids is 1. The third-order valence-electron chi connectivity index (χ3n) is 3.12. The van der Waals surface area contributed by atoms with Crippen molar-refractivity contribution >= 4 is 17.7 Å². The van der Waals surface area contributed by atoms with Crippen LogP contribution in [0, 0.1) is 5.92 Å². The maximum absolute atomic E-state index is 12.6. The van der Waals surface area contributed by atoms with Crippen LogP contribution in [0.4, 0.5) is 0 Å². The molecular weight excluding hydrogens is 266 g/mol. The van der Waals surface area contributed by atoms with Crippen molar-refractivity contribution in [2.24, 2.45) is 5.92 Å². The number of nitrogens with zero attached hydrogens (tertiary/aromatic N) is 1. The van der Waals surface area contributed by atoms with E-state index >= 15 is 0 Å². The maximum atomic E-state index is 12.6. The largest absolute Gasteiger partial charge is 0.336 e. The van der Waals surface area contributed by atoms with Gasteiger partial charge in [-0.15, -0.1) is 0 Å². The molecule has 0 aliphatic carbocycles. The number of rotatable bonds is 7. The molecule has 1 aromatic rings. The van der Waals surface area contributed by atoms with Gasteiger partial charge in [0.15, 0.2) is 0 Å². The van der Waals surface area contributed by atoms with E-state index in [1.165, 1.54) is 5.56 Å². The van der Waals surface area contributed by atoms with E-state index in [0.29, 0.717) is 5.92 Å². The first-order valence-corrected chi connectivity index (χ1v) is 8.58. The molecule has 0 saturated carbocycles. The molecule has 0 aliphatic heterocycles. The molecule has 0 radical (unpaired) electrons. The number of benzene rings is 1. The first-order chi connectivity index (χ1) is 9.45. The average Bonchev–Trinajstić information content (AvgIpc) is 2.42. The van der Waals surface area contributed by atoms with Gasteiger partial charge in [-0.1, -0.05) is 32.9 Å². The van der Waals surface area contributed by atoms with Gasteiger partial charge in [0, 0.05) is 23.9 Å². The van der Waals surface area contributed by atoms with E-state index in [0.717, 1.165) is 23.6 Å². The van der Waals surface area contributed by atoms with Crippen molar-refractivity contribution < 1.29 is 4.79 Å². The molecule has 20 heavy (non-hydrogen) atoms. The summed E-state index contributed by atoms with van der Waals surface area (Å²) in [5, 5.41) is 0. The fourth-order valence-corrected chi connectivity index (χ4v) is 2.68. The van der Waals surface area contributed by atoms with Gasteiger partial charge in [0.2, 0.25) is 0 Å². The molecule has 0 unspecified atom stereocenters. The van der Waals surface area contributed by atoms with Crippen molar-refractivity contribution in [3.05, 3.63) is 35.4 Å². The lowest BCUT2D eigenvalue weighted by Crippen LogP contribution is -2.39. The van der Waals surface area contributed by atoms with Gasteiger partial charge >= 0.3 is 0 Å². The van der Waals surface area contributed by atoms with Crippen molar-refractivity contribution in [3.8, 4) is 0 Å². The number of hydrogen-bond donors (Lipinski definition) is 0. The molecule has 0 atom stereocenters. The molecule has 0 heterocycles. The number of hydrogen-bond acceptors (Lipinski definition) is 2. The predicted molar refractivity (Wildman–Crippen MR) is 89.3 cm³/mol. The van der Waals surface area contributed by atoms with E-state index in [-0.39, 0.29) is 11.9 Å². The van der Waals surface area contributed by atoms with Crippen LogP contribution >= 0.6 is 11.8 Å². The molecule has 1 amide bonds. The van der Waals surface area contributed by atoms with Gasteiger partial charge < -0.3 is 4.90 Å². The van der Waals surface area contributed by atoms with Gasteiger partial charge in [0.05, 0.1) is 0 Å². The molecule has 0 spiro atoms. The molecule has 0 aromatic heterocycles. The highest BCUT2D eigenvalue weighted by molar-refractivity contribution is 7.98. The second-order valence-electron chi connectivity index (χ2n) is 5.78. The van der Waals surface area contributed by atoms with Crippen LogP contribution in [0.2, 0.25) is 0 Å². The molecule has 0 aliphatic rings. The number of carbonyl (C=O) groups is 1. The van der Waals surface area contributed by atoms with Gasteiger partial charge in [-0.3, -0.25) is 4.79 Å². The minimum atomic E-state index is 0.142. The molecule has 1 rings (SSSR count). The monoisotopic (exact) mass is 293 g/mol. The van der Waals surface area contributed by atoms with E-state index in [2.05, 4.69) is 46.8 Å². The van der Waals surface area contributed by atoms with E-state index in [9.17, 15) is 4.79 Å². The molecular formula is C17H27NOS. The molecule has 0 fully saturated rings. The van der Waals surface area contributed by atoms with Crippen LogP contribution in [-0.2, 0) is 5.75 Å². The SMILES string of the molecule is CCSCc1ccc(C(=O)N(CC(C)C)C(C)C)cc1. The molecule has 0 saturated heterocycles. The zero-order chi connectivity index (χ0) is 15.1. The first kappa shape index (κ1) is 17.1. The number of thioether (sulfide) groups is 1. The van der Waals surface area contributed by atoms with Gasteiger partial charge in [-0.25, -0.2) is 0 Å². The highest BCUT2D eigenvalue weighted by atomic mass is 32.2. The third kappa shape index (κ3) is 5.20. The molecule has 1 aromatic carbocycles. The Hall–Kier alpha value is -0.960. The lowest BCUT2D eigenvalue weighted by atomic mass is 10.1. The van der Waals surface area contributed by atoms with E-state index in [1.807, 2.05) is 28.8 Å². The molecule has 0 N–H and O–H groups in total. The van der Waals surface area contributed by atoms with Gasteiger partial charge in [-0.2, -0.15) is 11.8 Å².